The van der Waals surface area contributed by atoms with Gasteiger partial charge in [0.25, 0.3) is 5.91 Å². The fraction of sp³-hybridized carbons (Fsp3) is 0.364. The number of amides is 1. The number of aromatic nitrogens is 1. The maximum absolute atomic E-state index is 12.6. The molecule has 0 atom stereocenters. The molecule has 0 radical (unpaired) electrons. The first-order chi connectivity index (χ1) is 14.0. The molecule has 1 aliphatic heterocycles. The third kappa shape index (κ3) is 4.33. The summed E-state index contributed by atoms with van der Waals surface area (Å²) in [6.07, 6.45) is 6.25. The third-order valence-corrected chi connectivity index (χ3v) is 6.77. The van der Waals surface area contributed by atoms with Crippen molar-refractivity contribution in [2.75, 3.05) is 30.3 Å². The number of rotatable bonds is 5. The van der Waals surface area contributed by atoms with Gasteiger partial charge in [-0.15, -0.1) is 11.3 Å². The summed E-state index contributed by atoms with van der Waals surface area (Å²) in [6, 6.07) is 8.18. The number of piperidine rings is 1. The van der Waals surface area contributed by atoms with Crippen molar-refractivity contribution >= 4 is 50.4 Å². The molecule has 1 fully saturated rings. The second-order valence-electron chi connectivity index (χ2n) is 7.55. The van der Waals surface area contributed by atoms with E-state index in [0.29, 0.717) is 23.5 Å². The van der Waals surface area contributed by atoms with Crippen molar-refractivity contribution in [1.29, 1.82) is 0 Å². The van der Waals surface area contributed by atoms with Crippen LogP contribution >= 0.6 is 22.9 Å². The number of carbonyl (C=O) groups excluding carboxylic acids is 1. The molecule has 3 N–H and O–H groups in total. The number of hydrogen-bond donors (Lipinski definition) is 2. The average Bonchev–Trinajstić information content (AvgIpc) is 3.05. The van der Waals surface area contributed by atoms with E-state index in [4.69, 9.17) is 17.3 Å². The Labute approximate surface area is 179 Å². The average molecular weight is 429 g/mol. The van der Waals surface area contributed by atoms with E-state index < -0.39 is 0 Å². The van der Waals surface area contributed by atoms with Gasteiger partial charge >= 0.3 is 0 Å². The number of hydrogen-bond acceptors (Lipinski definition) is 5. The first-order valence-electron chi connectivity index (χ1n) is 9.99. The number of carbonyl (C=O) groups is 1. The van der Waals surface area contributed by atoms with Gasteiger partial charge < -0.3 is 16.0 Å². The van der Waals surface area contributed by atoms with Crippen molar-refractivity contribution in [3.63, 3.8) is 0 Å². The molecule has 29 heavy (non-hydrogen) atoms. The van der Waals surface area contributed by atoms with E-state index in [-0.39, 0.29) is 5.91 Å². The maximum atomic E-state index is 12.6. The van der Waals surface area contributed by atoms with Crippen molar-refractivity contribution < 1.29 is 4.79 Å². The number of thiophene rings is 1. The summed E-state index contributed by atoms with van der Waals surface area (Å²) >= 11 is 7.86. The van der Waals surface area contributed by atoms with Gasteiger partial charge in [-0.1, -0.05) is 17.7 Å². The molecule has 5 nitrogen and oxygen atoms in total. The van der Waals surface area contributed by atoms with E-state index in [2.05, 4.69) is 27.3 Å². The molecule has 3 aromatic rings. The van der Waals surface area contributed by atoms with Gasteiger partial charge in [-0.3, -0.25) is 4.79 Å². The highest BCUT2D eigenvalue weighted by Gasteiger charge is 2.17. The normalized spacial score (nSPS) is 14.3. The molecule has 1 aromatic carbocycles. The van der Waals surface area contributed by atoms with Crippen LogP contribution < -0.4 is 16.0 Å². The van der Waals surface area contributed by atoms with E-state index >= 15 is 0 Å². The third-order valence-electron chi connectivity index (χ3n) is 5.34. The number of nitrogens with one attached hydrogen (secondary N) is 1. The van der Waals surface area contributed by atoms with Gasteiger partial charge in [0.1, 0.15) is 9.71 Å². The quantitative estimate of drug-likeness (QED) is 0.612. The summed E-state index contributed by atoms with van der Waals surface area (Å²) in [4.78, 5) is 20.6. The molecule has 0 aliphatic carbocycles. The number of fused-ring (bicyclic) bond motifs is 1. The van der Waals surface area contributed by atoms with Crippen molar-refractivity contribution in [1.82, 2.24) is 10.3 Å². The van der Waals surface area contributed by atoms with Crippen molar-refractivity contribution in [3.05, 3.63) is 51.5 Å². The zero-order valence-corrected chi connectivity index (χ0v) is 18.1. The summed E-state index contributed by atoms with van der Waals surface area (Å²) in [6.45, 7) is 4.63. The van der Waals surface area contributed by atoms with Crippen LogP contribution in [0.15, 0.2) is 30.5 Å². The van der Waals surface area contributed by atoms with Crippen molar-refractivity contribution in [2.24, 2.45) is 0 Å². The van der Waals surface area contributed by atoms with Gasteiger partial charge in [-0.2, -0.15) is 0 Å². The molecule has 152 valence electrons. The molecule has 7 heteroatoms. The van der Waals surface area contributed by atoms with Crippen molar-refractivity contribution in [3.8, 4) is 0 Å². The Kier molecular flexibility index (Phi) is 5.92. The number of pyridine rings is 1. The highest BCUT2D eigenvalue weighted by atomic mass is 35.5. The monoisotopic (exact) mass is 428 g/mol. The van der Waals surface area contributed by atoms with Gasteiger partial charge in [0.2, 0.25) is 0 Å². The van der Waals surface area contributed by atoms with Crippen LogP contribution in [0, 0.1) is 6.92 Å². The second-order valence-corrected chi connectivity index (χ2v) is 8.96. The molecule has 1 saturated heterocycles. The predicted octanol–water partition coefficient (Wildman–Crippen LogP) is 4.80. The van der Waals surface area contributed by atoms with Crippen LogP contribution in [0.5, 0.6) is 0 Å². The highest BCUT2D eigenvalue weighted by Crippen LogP contribution is 2.33. The Morgan fingerprint density at radius 2 is 2.07 bits per heavy atom. The summed E-state index contributed by atoms with van der Waals surface area (Å²) in [5.41, 5.74) is 9.94. The van der Waals surface area contributed by atoms with Crippen LogP contribution in [0.25, 0.3) is 10.2 Å². The maximum Gasteiger partial charge on any atom is 0.263 e. The summed E-state index contributed by atoms with van der Waals surface area (Å²) in [5, 5.41) is 4.60. The van der Waals surface area contributed by atoms with Crippen LogP contribution in [0.3, 0.4) is 0 Å². The lowest BCUT2D eigenvalue weighted by Crippen LogP contribution is -2.29. The highest BCUT2D eigenvalue weighted by molar-refractivity contribution is 7.21. The molecule has 3 heterocycles. The molecule has 4 rings (SSSR count). The Hall–Kier alpha value is -2.31. The zero-order chi connectivity index (χ0) is 20.4. The Morgan fingerprint density at radius 3 is 2.83 bits per heavy atom. The first-order valence-corrected chi connectivity index (χ1v) is 11.2. The molecular formula is C22H25ClN4OS. The number of aryl methyl sites for hydroxylation is 1. The number of benzene rings is 1. The number of halogens is 1. The van der Waals surface area contributed by atoms with Crippen LogP contribution in [0.4, 0.5) is 11.4 Å². The van der Waals surface area contributed by atoms with Crippen LogP contribution in [0.2, 0.25) is 5.02 Å². The van der Waals surface area contributed by atoms with Crippen LogP contribution in [0.1, 0.15) is 40.1 Å². The molecule has 0 saturated carbocycles. The van der Waals surface area contributed by atoms with Crippen LogP contribution in [-0.2, 0) is 6.42 Å². The standard InChI is InChI=1S/C22H25ClN4OS/c1-14-11-16-19(24)20(29-22(16)26-13-14)21(28)25-8-7-15-5-6-18(17(23)12-15)27-9-3-2-4-10-27/h5-6,11-13H,2-4,7-10,24H2,1H3,(H,25,28). The Bertz CT molecular complexity index is 1040. The molecule has 0 spiro atoms. The molecule has 0 unspecified atom stereocenters. The number of nitrogen functional groups attached to an aromatic ring is 1. The minimum Gasteiger partial charge on any atom is -0.397 e. The van der Waals surface area contributed by atoms with Gasteiger partial charge in [0.15, 0.2) is 0 Å². The van der Waals surface area contributed by atoms with E-state index in [1.807, 2.05) is 19.1 Å². The zero-order valence-electron chi connectivity index (χ0n) is 16.5. The largest absolute Gasteiger partial charge is 0.397 e. The minimum atomic E-state index is -0.154. The molecule has 1 amide bonds. The lowest BCUT2D eigenvalue weighted by Gasteiger charge is -2.29. The predicted molar refractivity (Wildman–Crippen MR) is 122 cm³/mol. The molecule has 0 bridgehead atoms. The van der Waals surface area contributed by atoms with E-state index in [1.165, 1.54) is 30.6 Å². The van der Waals surface area contributed by atoms with E-state index in [0.717, 1.165) is 45.1 Å². The van der Waals surface area contributed by atoms with E-state index in [9.17, 15) is 4.79 Å². The van der Waals surface area contributed by atoms with Gasteiger partial charge in [0, 0.05) is 31.2 Å². The van der Waals surface area contributed by atoms with Gasteiger partial charge in [-0.05, 0) is 61.9 Å². The number of nitrogens with two attached hydrogens (primary N) is 1. The Balaban J connectivity index is 1.38. The minimum absolute atomic E-state index is 0.154. The Morgan fingerprint density at radius 1 is 1.28 bits per heavy atom. The topological polar surface area (TPSA) is 71.2 Å². The van der Waals surface area contributed by atoms with Gasteiger partial charge in [-0.25, -0.2) is 4.98 Å². The first kappa shape index (κ1) is 20.0. The second kappa shape index (κ2) is 8.59. The molecule has 2 aromatic heterocycles. The number of anilines is 2. The number of nitrogens with zero attached hydrogens (tertiary/aromatic N) is 2. The fourth-order valence-electron chi connectivity index (χ4n) is 3.77. The molecule has 1 aliphatic rings. The lowest BCUT2D eigenvalue weighted by molar-refractivity contribution is 0.0959. The summed E-state index contributed by atoms with van der Waals surface area (Å²) in [5.74, 6) is -0.154. The lowest BCUT2D eigenvalue weighted by atomic mass is 10.1. The van der Waals surface area contributed by atoms with Crippen LogP contribution in [-0.4, -0.2) is 30.5 Å². The summed E-state index contributed by atoms with van der Waals surface area (Å²) in [7, 11) is 0. The van der Waals surface area contributed by atoms with E-state index in [1.54, 1.807) is 6.20 Å². The summed E-state index contributed by atoms with van der Waals surface area (Å²) < 4.78 is 0. The van der Waals surface area contributed by atoms with Crippen molar-refractivity contribution in [2.45, 2.75) is 32.6 Å². The SMILES string of the molecule is Cc1cnc2sc(C(=O)NCCc3ccc(N4CCCCC4)c(Cl)c3)c(N)c2c1. The smallest absolute Gasteiger partial charge is 0.263 e. The van der Waals surface area contributed by atoms with Gasteiger partial charge in [0.05, 0.1) is 16.4 Å². The fourth-order valence-corrected chi connectivity index (χ4v) is 5.06. The molecular weight excluding hydrogens is 404 g/mol.